The van der Waals surface area contributed by atoms with Crippen LogP contribution in [0.3, 0.4) is 0 Å². The van der Waals surface area contributed by atoms with Crippen molar-refractivity contribution in [1.82, 2.24) is 19.9 Å². The molecule has 4 rings (SSSR count). The molecule has 1 aliphatic heterocycles. The summed E-state index contributed by atoms with van der Waals surface area (Å²) in [7, 11) is 0. The summed E-state index contributed by atoms with van der Waals surface area (Å²) in [6.07, 6.45) is 11.5. The SMILES string of the molecule is NCC1CCCN(c2ccnc3[nH]cc(-c4cncnc4)c23)C1. The van der Waals surface area contributed by atoms with Crippen LogP contribution in [0.5, 0.6) is 0 Å². The number of anilines is 1. The van der Waals surface area contributed by atoms with Crippen LogP contribution in [0, 0.1) is 5.92 Å². The summed E-state index contributed by atoms with van der Waals surface area (Å²) in [6, 6.07) is 2.10. The first-order valence-corrected chi connectivity index (χ1v) is 8.03. The van der Waals surface area contributed by atoms with E-state index in [0.717, 1.165) is 41.8 Å². The molecule has 6 nitrogen and oxygen atoms in total. The molecule has 3 aromatic heterocycles. The van der Waals surface area contributed by atoms with Gasteiger partial charge in [-0.15, -0.1) is 0 Å². The van der Waals surface area contributed by atoms with Gasteiger partial charge in [-0.1, -0.05) is 0 Å². The third kappa shape index (κ3) is 2.55. The lowest BCUT2D eigenvalue weighted by molar-refractivity contribution is 0.424. The molecule has 3 aromatic rings. The molecule has 6 heteroatoms. The largest absolute Gasteiger partial charge is 0.371 e. The van der Waals surface area contributed by atoms with E-state index in [0.29, 0.717) is 5.92 Å². The van der Waals surface area contributed by atoms with Gasteiger partial charge in [-0.25, -0.2) is 15.0 Å². The van der Waals surface area contributed by atoms with Gasteiger partial charge in [0.15, 0.2) is 0 Å². The van der Waals surface area contributed by atoms with E-state index in [-0.39, 0.29) is 0 Å². The Labute approximate surface area is 134 Å². The van der Waals surface area contributed by atoms with Gasteiger partial charge >= 0.3 is 0 Å². The standard InChI is InChI=1S/C17H20N6/c18-6-12-2-1-5-23(10-12)15-3-4-21-17-16(15)14(9-22-17)13-7-19-11-20-8-13/h3-4,7-9,11-12H,1-2,5-6,10,18H2,(H,21,22). The van der Waals surface area contributed by atoms with Gasteiger partial charge in [-0.2, -0.15) is 0 Å². The van der Waals surface area contributed by atoms with Gasteiger partial charge in [0.25, 0.3) is 0 Å². The highest BCUT2D eigenvalue weighted by Gasteiger charge is 2.22. The number of hydrogen-bond acceptors (Lipinski definition) is 5. The molecule has 0 bridgehead atoms. The van der Waals surface area contributed by atoms with Crippen molar-refractivity contribution in [2.24, 2.45) is 11.7 Å². The topological polar surface area (TPSA) is 83.7 Å². The number of pyridine rings is 1. The molecule has 4 heterocycles. The van der Waals surface area contributed by atoms with E-state index >= 15 is 0 Å². The molecule has 0 spiro atoms. The molecule has 1 aliphatic rings. The highest BCUT2D eigenvalue weighted by molar-refractivity contribution is 6.02. The summed E-state index contributed by atoms with van der Waals surface area (Å²) in [5.74, 6) is 0.564. The van der Waals surface area contributed by atoms with Gasteiger partial charge in [0, 0.05) is 60.1 Å². The molecule has 0 amide bonds. The van der Waals surface area contributed by atoms with Gasteiger partial charge in [-0.05, 0) is 31.4 Å². The molecule has 0 aliphatic carbocycles. The second kappa shape index (κ2) is 5.96. The zero-order valence-electron chi connectivity index (χ0n) is 12.9. The molecule has 1 atom stereocenters. The van der Waals surface area contributed by atoms with Crippen LogP contribution in [-0.4, -0.2) is 39.6 Å². The smallest absolute Gasteiger partial charge is 0.139 e. The summed E-state index contributed by atoms with van der Waals surface area (Å²) in [5, 5.41) is 1.14. The lowest BCUT2D eigenvalue weighted by Gasteiger charge is -2.34. The number of piperidine rings is 1. The summed E-state index contributed by atoms with van der Waals surface area (Å²) >= 11 is 0. The van der Waals surface area contributed by atoms with Gasteiger partial charge in [0.1, 0.15) is 12.0 Å². The molecule has 1 unspecified atom stereocenters. The predicted molar refractivity (Wildman–Crippen MR) is 91.1 cm³/mol. The number of nitrogens with two attached hydrogens (primary N) is 1. The molecule has 118 valence electrons. The first kappa shape index (κ1) is 14.1. The molecule has 0 radical (unpaired) electrons. The fraction of sp³-hybridized carbons (Fsp3) is 0.353. The Hall–Kier alpha value is -2.47. The van der Waals surface area contributed by atoms with Crippen molar-refractivity contribution in [1.29, 1.82) is 0 Å². The maximum atomic E-state index is 5.90. The third-order valence-electron chi connectivity index (χ3n) is 4.62. The Morgan fingerprint density at radius 3 is 3.00 bits per heavy atom. The number of aromatic nitrogens is 4. The van der Waals surface area contributed by atoms with Crippen LogP contribution in [0.2, 0.25) is 0 Å². The van der Waals surface area contributed by atoms with Crippen LogP contribution in [0.4, 0.5) is 5.69 Å². The van der Waals surface area contributed by atoms with Crippen LogP contribution in [-0.2, 0) is 0 Å². The number of fused-ring (bicyclic) bond motifs is 1. The average Bonchev–Trinajstić information content (AvgIpc) is 3.06. The number of rotatable bonds is 3. The predicted octanol–water partition coefficient (Wildman–Crippen LogP) is 2.20. The Bertz CT molecular complexity index is 797. The maximum absolute atomic E-state index is 5.90. The Kier molecular flexibility index (Phi) is 3.67. The highest BCUT2D eigenvalue weighted by Crippen LogP contribution is 2.35. The number of nitrogens with zero attached hydrogens (tertiary/aromatic N) is 4. The van der Waals surface area contributed by atoms with Crippen LogP contribution in [0.15, 0.2) is 37.2 Å². The summed E-state index contributed by atoms with van der Waals surface area (Å²) in [4.78, 5) is 18.5. The fourth-order valence-corrected chi connectivity index (χ4v) is 3.44. The number of hydrogen-bond donors (Lipinski definition) is 2. The summed E-state index contributed by atoms with van der Waals surface area (Å²) in [6.45, 7) is 2.81. The van der Waals surface area contributed by atoms with Gasteiger partial charge in [-0.3, -0.25) is 0 Å². The van der Waals surface area contributed by atoms with Gasteiger partial charge < -0.3 is 15.6 Å². The van der Waals surface area contributed by atoms with Crippen LogP contribution in [0.25, 0.3) is 22.2 Å². The molecule has 23 heavy (non-hydrogen) atoms. The minimum Gasteiger partial charge on any atom is -0.371 e. The number of aromatic amines is 1. The lowest BCUT2D eigenvalue weighted by atomic mass is 9.97. The second-order valence-electron chi connectivity index (χ2n) is 6.07. The first-order chi connectivity index (χ1) is 11.4. The zero-order valence-corrected chi connectivity index (χ0v) is 12.9. The lowest BCUT2D eigenvalue weighted by Crippen LogP contribution is -2.38. The Balaban J connectivity index is 1.82. The average molecular weight is 308 g/mol. The van der Waals surface area contributed by atoms with E-state index < -0.39 is 0 Å². The van der Waals surface area contributed by atoms with E-state index in [1.54, 1.807) is 6.33 Å². The van der Waals surface area contributed by atoms with Crippen molar-refractivity contribution in [2.75, 3.05) is 24.5 Å². The van der Waals surface area contributed by atoms with Gasteiger partial charge in [0.2, 0.25) is 0 Å². The van der Waals surface area contributed by atoms with Crippen molar-refractivity contribution in [3.05, 3.63) is 37.2 Å². The van der Waals surface area contributed by atoms with Crippen molar-refractivity contribution < 1.29 is 0 Å². The van der Waals surface area contributed by atoms with Crippen molar-refractivity contribution >= 4 is 16.7 Å². The monoisotopic (exact) mass is 308 g/mol. The molecule has 0 aromatic carbocycles. The minimum absolute atomic E-state index is 0.564. The molecular formula is C17H20N6. The molecule has 3 N–H and O–H groups in total. The highest BCUT2D eigenvalue weighted by atomic mass is 15.1. The van der Waals surface area contributed by atoms with Crippen LogP contribution >= 0.6 is 0 Å². The fourth-order valence-electron chi connectivity index (χ4n) is 3.44. The zero-order chi connectivity index (χ0) is 15.6. The normalized spacial score (nSPS) is 18.5. The van der Waals surface area contributed by atoms with E-state index in [1.807, 2.05) is 24.8 Å². The maximum Gasteiger partial charge on any atom is 0.139 e. The van der Waals surface area contributed by atoms with Gasteiger partial charge in [0.05, 0.1) is 0 Å². The molecule has 0 saturated carbocycles. The quantitative estimate of drug-likeness (QED) is 0.775. The van der Waals surface area contributed by atoms with Crippen molar-refractivity contribution in [3.63, 3.8) is 0 Å². The molecular weight excluding hydrogens is 288 g/mol. The Morgan fingerprint density at radius 2 is 2.17 bits per heavy atom. The summed E-state index contributed by atoms with van der Waals surface area (Å²) < 4.78 is 0. The molecule has 1 saturated heterocycles. The second-order valence-corrected chi connectivity index (χ2v) is 6.07. The van der Waals surface area contributed by atoms with E-state index in [4.69, 9.17) is 5.73 Å². The summed E-state index contributed by atoms with van der Waals surface area (Å²) in [5.41, 5.74) is 10.1. The van der Waals surface area contributed by atoms with Crippen molar-refractivity contribution in [3.8, 4) is 11.1 Å². The number of nitrogens with one attached hydrogen (secondary N) is 1. The minimum atomic E-state index is 0.564. The Morgan fingerprint density at radius 1 is 1.30 bits per heavy atom. The van der Waals surface area contributed by atoms with Crippen LogP contribution < -0.4 is 10.6 Å². The van der Waals surface area contributed by atoms with E-state index in [1.165, 1.54) is 18.5 Å². The molecule has 1 fully saturated rings. The third-order valence-corrected chi connectivity index (χ3v) is 4.62. The first-order valence-electron chi connectivity index (χ1n) is 8.03. The van der Waals surface area contributed by atoms with E-state index in [2.05, 4.69) is 30.9 Å². The van der Waals surface area contributed by atoms with Crippen LogP contribution in [0.1, 0.15) is 12.8 Å². The number of H-pyrrole nitrogens is 1. The van der Waals surface area contributed by atoms with E-state index in [9.17, 15) is 0 Å². The van der Waals surface area contributed by atoms with Crippen molar-refractivity contribution in [2.45, 2.75) is 12.8 Å².